The van der Waals surface area contributed by atoms with Crippen LogP contribution in [0.4, 0.5) is 0 Å². The number of aryl methyl sites for hydroxylation is 1. The van der Waals surface area contributed by atoms with Crippen molar-refractivity contribution in [3.63, 3.8) is 0 Å². The van der Waals surface area contributed by atoms with E-state index in [1.807, 2.05) is 20.8 Å². The first-order chi connectivity index (χ1) is 20.1. The second kappa shape index (κ2) is 10.6. The summed E-state index contributed by atoms with van der Waals surface area (Å²) >= 11 is 0. The van der Waals surface area contributed by atoms with E-state index in [0.29, 0.717) is 29.9 Å². The van der Waals surface area contributed by atoms with Crippen molar-refractivity contribution in [2.45, 2.75) is 77.7 Å². The number of hydrogen-bond donors (Lipinski definition) is 2. The van der Waals surface area contributed by atoms with Crippen LogP contribution in [0.2, 0.25) is 0 Å². The predicted molar refractivity (Wildman–Crippen MR) is 155 cm³/mol. The van der Waals surface area contributed by atoms with E-state index < -0.39 is 12.1 Å². The standard InChI is InChI=1S/C32H40N4O6/c1-15(2)32(38)34-12-24-26-20(28(37)18(5)30-31(26)42-14-41-30)10-22-27-25-19(8-16(3)17(4)29(25)40-13-39-7)9-21(35(27)6)23(11-33)36(22)24/h8,15,21-24,27,37H,9-10,12-14H2,1-7H3,(H,34,38)/t21-,22?,23?,24-,27-/m0/s1. The summed E-state index contributed by atoms with van der Waals surface area (Å²) in [5.74, 6) is 1.85. The molecule has 4 aliphatic rings. The summed E-state index contributed by atoms with van der Waals surface area (Å²) < 4.78 is 23.4. The Bertz CT molecular complexity index is 1480. The maximum Gasteiger partial charge on any atom is 0.231 e. The van der Waals surface area contributed by atoms with Gasteiger partial charge in [-0.15, -0.1) is 0 Å². The molecular formula is C32H40N4O6. The van der Waals surface area contributed by atoms with Crippen molar-refractivity contribution in [2.24, 2.45) is 5.92 Å². The van der Waals surface area contributed by atoms with Crippen LogP contribution in [0.5, 0.6) is 23.0 Å². The Morgan fingerprint density at radius 3 is 2.60 bits per heavy atom. The maximum absolute atomic E-state index is 12.9. The van der Waals surface area contributed by atoms with Gasteiger partial charge < -0.3 is 29.4 Å². The summed E-state index contributed by atoms with van der Waals surface area (Å²) in [6.07, 6.45) is 1.17. The van der Waals surface area contributed by atoms with E-state index in [9.17, 15) is 15.2 Å². The van der Waals surface area contributed by atoms with E-state index in [1.165, 1.54) is 5.56 Å². The van der Waals surface area contributed by atoms with Crippen LogP contribution in [0.3, 0.4) is 0 Å². The molecule has 1 amide bonds. The third-order valence-electron chi connectivity index (χ3n) is 9.75. The lowest BCUT2D eigenvalue weighted by Gasteiger charge is -2.60. The molecule has 6 rings (SSSR count). The van der Waals surface area contributed by atoms with Crippen LogP contribution in [-0.4, -0.2) is 73.2 Å². The van der Waals surface area contributed by atoms with Crippen molar-refractivity contribution in [3.05, 3.63) is 45.0 Å². The van der Waals surface area contributed by atoms with E-state index in [0.717, 1.165) is 33.6 Å². The largest absolute Gasteiger partial charge is 0.507 e. The number of nitriles is 1. The van der Waals surface area contributed by atoms with E-state index in [4.69, 9.17) is 18.9 Å². The molecule has 0 aromatic heterocycles. The zero-order valence-corrected chi connectivity index (χ0v) is 25.4. The van der Waals surface area contributed by atoms with Crippen LogP contribution < -0.4 is 19.5 Å². The first-order valence-electron chi connectivity index (χ1n) is 14.7. The van der Waals surface area contributed by atoms with Crippen molar-refractivity contribution in [3.8, 4) is 29.1 Å². The topological polar surface area (TPSA) is 117 Å². The lowest BCUT2D eigenvalue weighted by molar-refractivity contribution is -0.125. The fourth-order valence-electron chi connectivity index (χ4n) is 7.59. The average molecular weight is 577 g/mol. The quantitative estimate of drug-likeness (QED) is 0.498. The molecule has 4 aliphatic heterocycles. The molecule has 224 valence electrons. The van der Waals surface area contributed by atoms with Gasteiger partial charge in [0.15, 0.2) is 18.3 Å². The van der Waals surface area contributed by atoms with Crippen LogP contribution in [0.15, 0.2) is 6.07 Å². The van der Waals surface area contributed by atoms with Gasteiger partial charge in [0.25, 0.3) is 0 Å². The molecule has 10 nitrogen and oxygen atoms in total. The minimum Gasteiger partial charge on any atom is -0.507 e. The lowest BCUT2D eigenvalue weighted by Crippen LogP contribution is -2.68. The van der Waals surface area contributed by atoms with E-state index >= 15 is 0 Å². The number of nitrogens with zero attached hydrogens (tertiary/aromatic N) is 3. The summed E-state index contributed by atoms with van der Waals surface area (Å²) in [7, 11) is 3.70. The number of ether oxygens (including phenoxy) is 4. The van der Waals surface area contributed by atoms with Gasteiger partial charge in [-0.2, -0.15) is 5.26 Å². The van der Waals surface area contributed by atoms with E-state index in [1.54, 1.807) is 7.11 Å². The van der Waals surface area contributed by atoms with Gasteiger partial charge in [-0.05, 0) is 57.4 Å². The molecule has 2 N–H and O–H groups in total. The van der Waals surface area contributed by atoms with Crippen LogP contribution >= 0.6 is 0 Å². The third-order valence-corrected chi connectivity index (χ3v) is 9.75. The average Bonchev–Trinajstić information content (AvgIpc) is 3.45. The SMILES string of the molecule is COCOc1c(C)c(C)cc2c1[C@@H]1C3Cc4c(O)c(C)c5c(c4[C@H](CNC(=O)C(C)C)N3C(C#N)[C@H](C2)N1C)OCO5. The summed E-state index contributed by atoms with van der Waals surface area (Å²) in [4.78, 5) is 17.4. The summed E-state index contributed by atoms with van der Waals surface area (Å²) in [5.41, 5.74) is 6.69. The Hall–Kier alpha value is -3.52. The number of benzene rings is 2. The number of likely N-dealkylation sites (N-methyl/N-ethyl adjacent to an activating group) is 1. The number of aromatic hydroxyl groups is 1. The number of phenols is 1. The molecule has 1 saturated heterocycles. The molecule has 0 radical (unpaired) electrons. The van der Waals surface area contributed by atoms with Crippen molar-refractivity contribution < 1.29 is 28.8 Å². The fourth-order valence-corrected chi connectivity index (χ4v) is 7.59. The second-order valence-electron chi connectivity index (χ2n) is 12.3. The molecule has 0 aliphatic carbocycles. The lowest BCUT2D eigenvalue weighted by atomic mass is 9.71. The van der Waals surface area contributed by atoms with Gasteiger partial charge in [0.1, 0.15) is 17.5 Å². The van der Waals surface area contributed by atoms with Gasteiger partial charge >= 0.3 is 0 Å². The van der Waals surface area contributed by atoms with Gasteiger partial charge in [0, 0.05) is 53.9 Å². The molecule has 0 saturated carbocycles. The van der Waals surface area contributed by atoms with Gasteiger partial charge in [0.05, 0.1) is 18.2 Å². The van der Waals surface area contributed by atoms with Crippen molar-refractivity contribution in [1.29, 1.82) is 5.26 Å². The molecule has 42 heavy (non-hydrogen) atoms. The summed E-state index contributed by atoms with van der Waals surface area (Å²) in [6.45, 7) is 10.2. The number of amides is 1. The van der Waals surface area contributed by atoms with Crippen molar-refractivity contribution in [2.75, 3.05) is 34.3 Å². The minimum atomic E-state index is -0.468. The first kappa shape index (κ1) is 28.6. The molecule has 0 spiro atoms. The zero-order valence-electron chi connectivity index (χ0n) is 25.4. The number of carbonyl (C=O) groups excluding carboxylic acids is 1. The Kier molecular flexibility index (Phi) is 7.24. The van der Waals surface area contributed by atoms with Gasteiger partial charge in [-0.1, -0.05) is 19.9 Å². The van der Waals surface area contributed by atoms with Crippen LogP contribution in [0.1, 0.15) is 64.9 Å². The highest BCUT2D eigenvalue weighted by atomic mass is 16.7. The van der Waals surface area contributed by atoms with Crippen LogP contribution in [-0.2, 0) is 22.4 Å². The van der Waals surface area contributed by atoms with Crippen LogP contribution in [0.25, 0.3) is 0 Å². The van der Waals surface area contributed by atoms with E-state index in [-0.39, 0.29) is 55.8 Å². The number of phenolic OH excluding ortho intramolecular Hbond substituents is 1. The third kappa shape index (κ3) is 4.13. The van der Waals surface area contributed by atoms with Gasteiger partial charge in [-0.3, -0.25) is 14.6 Å². The Balaban J connectivity index is 1.57. The monoisotopic (exact) mass is 576 g/mol. The van der Waals surface area contributed by atoms with Gasteiger partial charge in [-0.25, -0.2) is 0 Å². The molecule has 4 heterocycles. The van der Waals surface area contributed by atoms with Crippen molar-refractivity contribution in [1.82, 2.24) is 15.1 Å². The smallest absolute Gasteiger partial charge is 0.231 e. The molecular weight excluding hydrogens is 536 g/mol. The maximum atomic E-state index is 12.9. The second-order valence-corrected chi connectivity index (χ2v) is 12.3. The summed E-state index contributed by atoms with van der Waals surface area (Å²) in [5, 5.41) is 25.5. The molecule has 2 aromatic carbocycles. The number of nitrogens with one attached hydrogen (secondary N) is 1. The molecule has 2 unspecified atom stereocenters. The Labute approximate surface area is 247 Å². The van der Waals surface area contributed by atoms with Crippen molar-refractivity contribution >= 4 is 5.91 Å². The van der Waals surface area contributed by atoms with E-state index in [2.05, 4.69) is 48.1 Å². The number of fused-ring (bicyclic) bond motifs is 9. The van der Waals surface area contributed by atoms with Gasteiger partial charge in [0.2, 0.25) is 12.7 Å². The zero-order chi connectivity index (χ0) is 30.0. The number of hydrogen-bond acceptors (Lipinski definition) is 9. The molecule has 2 aromatic rings. The Morgan fingerprint density at radius 1 is 1.17 bits per heavy atom. The number of methoxy groups -OCH3 is 1. The molecule has 10 heteroatoms. The first-order valence-corrected chi connectivity index (χ1v) is 14.7. The Morgan fingerprint density at radius 2 is 1.90 bits per heavy atom. The fraction of sp³-hybridized carbons (Fsp3) is 0.562. The molecule has 5 atom stereocenters. The highest BCUT2D eigenvalue weighted by Crippen LogP contribution is 2.57. The normalized spacial score (nSPS) is 25.8. The number of rotatable bonds is 6. The number of piperazine rings is 1. The molecule has 1 fully saturated rings. The highest BCUT2D eigenvalue weighted by Gasteiger charge is 2.56. The minimum absolute atomic E-state index is 0.0580. The molecule has 2 bridgehead atoms. The highest BCUT2D eigenvalue weighted by molar-refractivity contribution is 5.78. The number of carbonyl (C=O) groups is 1. The predicted octanol–water partition coefficient (Wildman–Crippen LogP) is 3.57. The summed E-state index contributed by atoms with van der Waals surface area (Å²) in [6, 6.07) is 3.59. The van der Waals surface area contributed by atoms with Crippen LogP contribution in [0, 0.1) is 38.0 Å².